The predicted octanol–water partition coefficient (Wildman–Crippen LogP) is 2.47. The molecule has 4 N–H and O–H groups in total. The van der Waals surface area contributed by atoms with E-state index in [0.717, 1.165) is 12.8 Å². The molecule has 0 aromatic heterocycles. The zero-order chi connectivity index (χ0) is 13.1. The van der Waals surface area contributed by atoms with Crippen molar-refractivity contribution in [3.05, 3.63) is 17.7 Å². The molecule has 4 nitrogen and oxygen atoms in total. The average molecular weight is 239 g/mol. The maximum absolute atomic E-state index is 9.66. The summed E-state index contributed by atoms with van der Waals surface area (Å²) >= 11 is 0. The Hall–Kier alpha value is -1.42. The molecule has 0 heterocycles. The Labute approximate surface area is 102 Å². The number of phenols is 3. The lowest BCUT2D eigenvalue weighted by Gasteiger charge is -2.26. The molecule has 1 aromatic carbocycles. The number of aromatic hydroxyl groups is 3. The van der Waals surface area contributed by atoms with Crippen LogP contribution in [0.15, 0.2) is 12.1 Å². The van der Waals surface area contributed by atoms with Gasteiger partial charge in [0.15, 0.2) is 11.5 Å². The van der Waals surface area contributed by atoms with Crippen LogP contribution < -0.4 is 5.32 Å². The van der Waals surface area contributed by atoms with Gasteiger partial charge in [-0.3, -0.25) is 0 Å². The summed E-state index contributed by atoms with van der Waals surface area (Å²) in [7, 11) is 0. The second-order valence-corrected chi connectivity index (χ2v) is 4.93. The molecule has 0 fully saturated rings. The monoisotopic (exact) mass is 239 g/mol. The summed E-state index contributed by atoms with van der Waals surface area (Å²) in [5.74, 6) is -1.03. The normalized spacial score (nSPS) is 11.7. The highest BCUT2D eigenvalue weighted by Gasteiger charge is 2.17. The standard InChI is InChI=1S/C13H21NO3/c1-4-7-13(2,3)14-8-9-5-6-10(15)12(17)11(9)16/h5-6,14-17H,4,7-8H2,1-3H3. The van der Waals surface area contributed by atoms with Crippen LogP contribution >= 0.6 is 0 Å². The summed E-state index contributed by atoms with van der Waals surface area (Å²) in [6.45, 7) is 6.75. The second-order valence-electron chi connectivity index (χ2n) is 4.93. The van der Waals surface area contributed by atoms with Crippen LogP contribution in [0.1, 0.15) is 39.2 Å². The number of phenolic OH excluding ortho intramolecular Hbond substituents is 3. The molecule has 0 radical (unpaired) electrons. The zero-order valence-electron chi connectivity index (χ0n) is 10.6. The van der Waals surface area contributed by atoms with Crippen LogP contribution in [-0.4, -0.2) is 20.9 Å². The summed E-state index contributed by atoms with van der Waals surface area (Å²) in [5, 5.41) is 31.6. The quantitative estimate of drug-likeness (QED) is 0.596. The van der Waals surface area contributed by atoms with Crippen LogP contribution in [0, 0.1) is 0 Å². The number of hydrogen-bond donors (Lipinski definition) is 4. The van der Waals surface area contributed by atoms with Gasteiger partial charge in [-0.2, -0.15) is 0 Å². The Bertz CT molecular complexity index is 388. The van der Waals surface area contributed by atoms with E-state index in [1.165, 1.54) is 6.07 Å². The summed E-state index contributed by atoms with van der Waals surface area (Å²) in [6, 6.07) is 2.97. The molecule has 17 heavy (non-hydrogen) atoms. The average Bonchev–Trinajstić information content (AvgIpc) is 2.25. The third-order valence-electron chi connectivity index (χ3n) is 2.85. The first-order valence-corrected chi connectivity index (χ1v) is 5.85. The first kappa shape index (κ1) is 13.6. The van der Waals surface area contributed by atoms with Crippen LogP contribution in [0.4, 0.5) is 0 Å². The lowest BCUT2D eigenvalue weighted by molar-refractivity contribution is 0.343. The number of hydrogen-bond acceptors (Lipinski definition) is 4. The Balaban J connectivity index is 2.73. The van der Waals surface area contributed by atoms with E-state index in [1.54, 1.807) is 6.07 Å². The molecular formula is C13H21NO3. The molecule has 0 saturated carbocycles. The molecule has 4 heteroatoms. The van der Waals surface area contributed by atoms with Crippen molar-refractivity contribution in [1.82, 2.24) is 5.32 Å². The molecule has 1 rings (SSSR count). The van der Waals surface area contributed by atoms with Crippen LogP contribution in [0.2, 0.25) is 0 Å². The fourth-order valence-electron chi connectivity index (χ4n) is 1.80. The molecule has 96 valence electrons. The minimum absolute atomic E-state index is 0.0192. The predicted molar refractivity (Wildman–Crippen MR) is 67.3 cm³/mol. The van der Waals surface area contributed by atoms with Gasteiger partial charge in [0.25, 0.3) is 0 Å². The summed E-state index contributed by atoms with van der Waals surface area (Å²) in [6.07, 6.45) is 2.10. The van der Waals surface area contributed by atoms with E-state index in [9.17, 15) is 15.3 Å². The van der Waals surface area contributed by atoms with Crippen molar-refractivity contribution >= 4 is 0 Å². The molecule has 1 aromatic rings. The Morgan fingerprint density at radius 3 is 2.35 bits per heavy atom. The lowest BCUT2D eigenvalue weighted by atomic mass is 9.98. The molecule has 0 atom stereocenters. The van der Waals surface area contributed by atoms with Crippen molar-refractivity contribution in [2.75, 3.05) is 0 Å². The summed E-state index contributed by atoms with van der Waals surface area (Å²) in [5.41, 5.74) is 0.554. The third-order valence-corrected chi connectivity index (χ3v) is 2.85. The molecule has 0 spiro atoms. The number of rotatable bonds is 5. The number of nitrogens with one attached hydrogen (secondary N) is 1. The van der Waals surface area contributed by atoms with Crippen LogP contribution in [0.3, 0.4) is 0 Å². The lowest BCUT2D eigenvalue weighted by Crippen LogP contribution is -2.38. The maximum Gasteiger partial charge on any atom is 0.200 e. The highest BCUT2D eigenvalue weighted by Crippen LogP contribution is 2.37. The molecule has 0 saturated heterocycles. The van der Waals surface area contributed by atoms with E-state index in [2.05, 4.69) is 26.1 Å². The Morgan fingerprint density at radius 2 is 1.76 bits per heavy atom. The van der Waals surface area contributed by atoms with Gasteiger partial charge in [-0.1, -0.05) is 19.4 Å². The van der Waals surface area contributed by atoms with Crippen LogP contribution in [0.5, 0.6) is 17.2 Å². The zero-order valence-corrected chi connectivity index (χ0v) is 10.6. The van der Waals surface area contributed by atoms with Gasteiger partial charge in [0.1, 0.15) is 0 Å². The van der Waals surface area contributed by atoms with Crippen molar-refractivity contribution in [3.8, 4) is 17.2 Å². The first-order chi connectivity index (χ1) is 7.87. The van der Waals surface area contributed by atoms with E-state index in [0.29, 0.717) is 12.1 Å². The first-order valence-electron chi connectivity index (χ1n) is 5.85. The Kier molecular flexibility index (Phi) is 4.23. The Morgan fingerprint density at radius 1 is 1.12 bits per heavy atom. The van der Waals surface area contributed by atoms with Crippen molar-refractivity contribution < 1.29 is 15.3 Å². The highest BCUT2D eigenvalue weighted by molar-refractivity contribution is 5.53. The van der Waals surface area contributed by atoms with Gasteiger partial charge in [-0.05, 0) is 26.3 Å². The minimum Gasteiger partial charge on any atom is -0.504 e. The topological polar surface area (TPSA) is 72.7 Å². The van der Waals surface area contributed by atoms with Gasteiger partial charge in [0.2, 0.25) is 5.75 Å². The maximum atomic E-state index is 9.66. The minimum atomic E-state index is -0.461. The molecule has 0 amide bonds. The third kappa shape index (κ3) is 3.53. The molecule has 0 aliphatic rings. The smallest absolute Gasteiger partial charge is 0.200 e. The molecule has 0 aliphatic carbocycles. The van der Waals surface area contributed by atoms with Crippen molar-refractivity contribution in [3.63, 3.8) is 0 Å². The van der Waals surface area contributed by atoms with Crippen molar-refractivity contribution in [2.45, 2.75) is 45.7 Å². The van der Waals surface area contributed by atoms with E-state index >= 15 is 0 Å². The van der Waals surface area contributed by atoms with Crippen molar-refractivity contribution in [2.24, 2.45) is 0 Å². The molecule has 0 unspecified atom stereocenters. The van der Waals surface area contributed by atoms with Crippen molar-refractivity contribution in [1.29, 1.82) is 0 Å². The largest absolute Gasteiger partial charge is 0.504 e. The van der Waals surface area contributed by atoms with E-state index in [4.69, 9.17) is 0 Å². The molecule has 0 aliphatic heterocycles. The van der Waals surface area contributed by atoms with Gasteiger partial charge in [-0.15, -0.1) is 0 Å². The summed E-state index contributed by atoms with van der Waals surface area (Å²) < 4.78 is 0. The fourth-order valence-corrected chi connectivity index (χ4v) is 1.80. The fraction of sp³-hybridized carbons (Fsp3) is 0.538. The second kappa shape index (κ2) is 5.27. The molecular weight excluding hydrogens is 218 g/mol. The molecule has 0 bridgehead atoms. The van der Waals surface area contributed by atoms with E-state index in [1.807, 2.05) is 0 Å². The van der Waals surface area contributed by atoms with Gasteiger partial charge in [-0.25, -0.2) is 0 Å². The van der Waals surface area contributed by atoms with E-state index in [-0.39, 0.29) is 17.0 Å². The van der Waals surface area contributed by atoms with Gasteiger partial charge >= 0.3 is 0 Å². The SMILES string of the molecule is CCCC(C)(C)NCc1ccc(O)c(O)c1O. The van der Waals surface area contributed by atoms with Gasteiger partial charge in [0.05, 0.1) is 0 Å². The summed E-state index contributed by atoms with van der Waals surface area (Å²) in [4.78, 5) is 0. The van der Waals surface area contributed by atoms with E-state index < -0.39 is 5.75 Å². The van der Waals surface area contributed by atoms with Gasteiger partial charge < -0.3 is 20.6 Å². The highest BCUT2D eigenvalue weighted by atomic mass is 16.3. The van der Waals surface area contributed by atoms with Gasteiger partial charge in [0, 0.05) is 17.6 Å². The van der Waals surface area contributed by atoms with Crippen LogP contribution in [-0.2, 0) is 6.54 Å². The number of benzene rings is 1. The van der Waals surface area contributed by atoms with Crippen LogP contribution in [0.25, 0.3) is 0 Å².